The lowest BCUT2D eigenvalue weighted by Gasteiger charge is -2.15. The SMILES string of the molecule is C=CC(CC)c1cc(OC(F)F)cc(OC(F)F)c1. The van der Waals surface area contributed by atoms with Gasteiger partial charge < -0.3 is 9.47 Å². The van der Waals surface area contributed by atoms with Crippen molar-refractivity contribution in [2.24, 2.45) is 0 Å². The van der Waals surface area contributed by atoms with Gasteiger partial charge in [-0.25, -0.2) is 0 Å². The predicted octanol–water partition coefficient (Wildman–Crippen LogP) is 4.57. The van der Waals surface area contributed by atoms with Crippen LogP contribution in [0, 0.1) is 0 Å². The summed E-state index contributed by atoms with van der Waals surface area (Å²) in [5, 5.41) is 0. The second-order valence-corrected chi connectivity index (χ2v) is 3.75. The molecule has 1 rings (SSSR count). The summed E-state index contributed by atoms with van der Waals surface area (Å²) in [5.41, 5.74) is 0.534. The molecule has 106 valence electrons. The molecule has 2 nitrogen and oxygen atoms in total. The van der Waals surface area contributed by atoms with Crippen molar-refractivity contribution in [1.82, 2.24) is 0 Å². The Morgan fingerprint density at radius 1 is 1.05 bits per heavy atom. The smallest absolute Gasteiger partial charge is 0.387 e. The van der Waals surface area contributed by atoms with Crippen LogP contribution in [0.2, 0.25) is 0 Å². The highest BCUT2D eigenvalue weighted by molar-refractivity contribution is 5.41. The topological polar surface area (TPSA) is 18.5 Å². The Morgan fingerprint density at radius 3 is 1.84 bits per heavy atom. The Kier molecular flexibility index (Phi) is 5.66. The highest BCUT2D eigenvalue weighted by Gasteiger charge is 2.14. The van der Waals surface area contributed by atoms with Gasteiger partial charge in [0.15, 0.2) is 0 Å². The van der Waals surface area contributed by atoms with Crippen LogP contribution in [-0.4, -0.2) is 13.2 Å². The molecule has 0 bridgehead atoms. The summed E-state index contributed by atoms with van der Waals surface area (Å²) >= 11 is 0. The summed E-state index contributed by atoms with van der Waals surface area (Å²) in [5.74, 6) is -0.590. The molecule has 0 saturated carbocycles. The zero-order valence-electron chi connectivity index (χ0n) is 10.3. The number of rotatable bonds is 7. The lowest BCUT2D eigenvalue weighted by molar-refractivity contribution is -0.0543. The van der Waals surface area contributed by atoms with E-state index in [0.717, 1.165) is 6.07 Å². The van der Waals surface area contributed by atoms with Gasteiger partial charge in [-0.2, -0.15) is 17.6 Å². The van der Waals surface area contributed by atoms with E-state index in [9.17, 15) is 17.6 Å². The van der Waals surface area contributed by atoms with E-state index in [1.165, 1.54) is 12.1 Å². The fourth-order valence-electron chi connectivity index (χ4n) is 1.69. The Labute approximate surface area is 108 Å². The van der Waals surface area contributed by atoms with Crippen LogP contribution >= 0.6 is 0 Å². The first kappa shape index (κ1) is 15.3. The summed E-state index contributed by atoms with van der Waals surface area (Å²) < 4.78 is 57.2. The first-order valence-electron chi connectivity index (χ1n) is 5.63. The van der Waals surface area contributed by atoms with Crippen LogP contribution in [0.4, 0.5) is 17.6 Å². The van der Waals surface area contributed by atoms with Gasteiger partial charge in [0.25, 0.3) is 0 Å². The molecule has 1 aromatic carbocycles. The van der Waals surface area contributed by atoms with Gasteiger partial charge in [-0.05, 0) is 24.1 Å². The first-order valence-corrected chi connectivity index (χ1v) is 5.63. The van der Waals surface area contributed by atoms with E-state index in [-0.39, 0.29) is 17.4 Å². The van der Waals surface area contributed by atoms with Crippen molar-refractivity contribution in [3.05, 3.63) is 36.4 Å². The largest absolute Gasteiger partial charge is 0.435 e. The molecule has 6 heteroatoms. The molecule has 0 spiro atoms. The fraction of sp³-hybridized carbons (Fsp3) is 0.385. The van der Waals surface area contributed by atoms with Gasteiger partial charge in [0.05, 0.1) is 0 Å². The van der Waals surface area contributed by atoms with E-state index < -0.39 is 13.2 Å². The third kappa shape index (κ3) is 4.81. The Morgan fingerprint density at radius 2 is 1.53 bits per heavy atom. The molecule has 0 heterocycles. The molecule has 0 saturated heterocycles. The van der Waals surface area contributed by atoms with Crippen molar-refractivity contribution in [3.63, 3.8) is 0 Å². The molecule has 0 aromatic heterocycles. The molecule has 1 atom stereocenters. The zero-order valence-corrected chi connectivity index (χ0v) is 10.3. The summed E-state index contributed by atoms with van der Waals surface area (Å²) in [6.45, 7) is -0.585. The van der Waals surface area contributed by atoms with Gasteiger partial charge in [-0.1, -0.05) is 13.0 Å². The molecule has 0 aliphatic carbocycles. The second kappa shape index (κ2) is 7.01. The van der Waals surface area contributed by atoms with E-state index in [1.54, 1.807) is 6.08 Å². The zero-order chi connectivity index (χ0) is 14.4. The van der Waals surface area contributed by atoms with Crippen molar-refractivity contribution in [2.45, 2.75) is 32.5 Å². The molecule has 0 aliphatic rings. The molecule has 1 unspecified atom stereocenters. The van der Waals surface area contributed by atoms with Crippen LogP contribution in [0.15, 0.2) is 30.9 Å². The number of alkyl halides is 4. The third-order valence-electron chi connectivity index (χ3n) is 2.51. The maximum absolute atomic E-state index is 12.2. The monoisotopic (exact) mass is 278 g/mol. The molecule has 0 radical (unpaired) electrons. The minimum atomic E-state index is -3.03. The predicted molar refractivity (Wildman–Crippen MR) is 62.9 cm³/mol. The lowest BCUT2D eigenvalue weighted by atomic mass is 9.96. The van der Waals surface area contributed by atoms with E-state index in [2.05, 4.69) is 16.1 Å². The standard InChI is InChI=1S/C13H14F4O2/c1-3-8(4-2)9-5-10(18-12(14)15)7-11(6-9)19-13(16)17/h3,5-8,12-13H,1,4H2,2H3. The number of hydrogen-bond acceptors (Lipinski definition) is 2. The minimum absolute atomic E-state index is 0.152. The van der Waals surface area contributed by atoms with Crippen LogP contribution in [0.5, 0.6) is 11.5 Å². The summed E-state index contributed by atoms with van der Waals surface area (Å²) in [6, 6.07) is 3.72. The average Bonchev–Trinajstić information content (AvgIpc) is 2.28. The second-order valence-electron chi connectivity index (χ2n) is 3.75. The average molecular weight is 278 g/mol. The first-order chi connectivity index (χ1) is 8.96. The Hall–Kier alpha value is -1.72. The highest BCUT2D eigenvalue weighted by Crippen LogP contribution is 2.31. The van der Waals surface area contributed by atoms with Gasteiger partial charge >= 0.3 is 13.2 Å². The maximum atomic E-state index is 12.2. The van der Waals surface area contributed by atoms with Crippen LogP contribution in [-0.2, 0) is 0 Å². The summed E-state index contributed by atoms with van der Waals surface area (Å²) in [6.07, 6.45) is 2.25. The van der Waals surface area contributed by atoms with Crippen molar-refractivity contribution in [1.29, 1.82) is 0 Å². The molecule has 1 aromatic rings. The van der Waals surface area contributed by atoms with Gasteiger partial charge in [0.2, 0.25) is 0 Å². The van der Waals surface area contributed by atoms with Crippen molar-refractivity contribution in [3.8, 4) is 11.5 Å². The molecule has 0 fully saturated rings. The quantitative estimate of drug-likeness (QED) is 0.537. The van der Waals surface area contributed by atoms with E-state index >= 15 is 0 Å². The number of allylic oxidation sites excluding steroid dienone is 1. The summed E-state index contributed by atoms with van der Waals surface area (Å²) in [7, 11) is 0. The minimum Gasteiger partial charge on any atom is -0.435 e. The fourth-order valence-corrected chi connectivity index (χ4v) is 1.69. The van der Waals surface area contributed by atoms with Crippen molar-refractivity contribution >= 4 is 0 Å². The van der Waals surface area contributed by atoms with Crippen LogP contribution in [0.1, 0.15) is 24.8 Å². The van der Waals surface area contributed by atoms with Crippen LogP contribution in [0.3, 0.4) is 0 Å². The van der Waals surface area contributed by atoms with E-state index in [4.69, 9.17) is 0 Å². The van der Waals surface area contributed by atoms with Gasteiger partial charge in [0, 0.05) is 12.0 Å². The normalized spacial score (nSPS) is 12.6. The van der Waals surface area contributed by atoms with Crippen LogP contribution in [0.25, 0.3) is 0 Å². The maximum Gasteiger partial charge on any atom is 0.387 e. The van der Waals surface area contributed by atoms with Crippen LogP contribution < -0.4 is 9.47 Å². The summed E-state index contributed by atoms with van der Waals surface area (Å²) in [4.78, 5) is 0. The lowest BCUT2D eigenvalue weighted by Crippen LogP contribution is -2.06. The molecular formula is C13H14F4O2. The van der Waals surface area contributed by atoms with Gasteiger partial charge in [-0.3, -0.25) is 0 Å². The number of ether oxygens (including phenoxy) is 2. The third-order valence-corrected chi connectivity index (χ3v) is 2.51. The van der Waals surface area contributed by atoms with Gasteiger partial charge in [-0.15, -0.1) is 6.58 Å². The molecule has 0 N–H and O–H groups in total. The molecule has 19 heavy (non-hydrogen) atoms. The number of benzene rings is 1. The molecule has 0 aliphatic heterocycles. The van der Waals surface area contributed by atoms with Crippen molar-refractivity contribution in [2.75, 3.05) is 0 Å². The van der Waals surface area contributed by atoms with E-state index in [0.29, 0.717) is 12.0 Å². The molecular weight excluding hydrogens is 264 g/mol. The van der Waals surface area contributed by atoms with E-state index in [1.807, 2.05) is 6.92 Å². The number of halogens is 4. The highest BCUT2D eigenvalue weighted by atomic mass is 19.3. The Bertz CT molecular complexity index is 393. The Balaban J connectivity index is 3.11. The number of hydrogen-bond donors (Lipinski definition) is 0. The molecule has 0 amide bonds. The van der Waals surface area contributed by atoms with Crippen molar-refractivity contribution < 1.29 is 27.0 Å². The van der Waals surface area contributed by atoms with Gasteiger partial charge in [0.1, 0.15) is 11.5 Å².